The number of amidine groups is 1. The molecule has 35 heavy (non-hydrogen) atoms. The van der Waals surface area contributed by atoms with Crippen molar-refractivity contribution in [2.24, 2.45) is 4.99 Å². The van der Waals surface area contributed by atoms with Crippen molar-refractivity contribution in [3.8, 4) is 5.75 Å². The Balaban J connectivity index is 1.13. The number of ether oxygens (including phenoxy) is 1. The standard InChI is InChI=1S/C29H31N3O3/c1-20-30-27(29(34)31-20)17-25-8-4-5-9-28(25)35-19-26(33)18-32-14-12-22(13-15-32)24-11-10-21-6-2-3-7-23(21)16-24/h2-11,16-17,22,26,33H,12-15,18-19H2,1H3,(H,30,31,34)/b27-17-/t26-/m0/s1. The lowest BCUT2D eigenvalue weighted by molar-refractivity contribution is -0.115. The Morgan fingerprint density at radius 1 is 1.09 bits per heavy atom. The number of aliphatic imine (C=N–C) groups is 1. The maximum absolute atomic E-state index is 12.0. The number of benzene rings is 3. The number of para-hydroxylation sites is 1. The summed E-state index contributed by atoms with van der Waals surface area (Å²) < 4.78 is 5.94. The lowest BCUT2D eigenvalue weighted by Crippen LogP contribution is -2.40. The van der Waals surface area contributed by atoms with Crippen LogP contribution in [0.2, 0.25) is 0 Å². The highest BCUT2D eigenvalue weighted by molar-refractivity contribution is 6.13. The second kappa shape index (κ2) is 10.4. The minimum absolute atomic E-state index is 0.194. The molecule has 0 radical (unpaired) electrons. The summed E-state index contributed by atoms with van der Waals surface area (Å²) in [5, 5.41) is 15.9. The van der Waals surface area contributed by atoms with Crippen LogP contribution in [0.3, 0.4) is 0 Å². The van der Waals surface area contributed by atoms with E-state index in [1.165, 1.54) is 16.3 Å². The van der Waals surface area contributed by atoms with Gasteiger partial charge in [-0.25, -0.2) is 4.99 Å². The molecule has 0 spiro atoms. The molecule has 5 rings (SSSR count). The largest absolute Gasteiger partial charge is 0.490 e. The monoisotopic (exact) mass is 469 g/mol. The molecule has 0 aliphatic carbocycles. The number of aliphatic hydroxyl groups excluding tert-OH is 1. The second-order valence-corrected chi connectivity index (χ2v) is 9.37. The molecule has 2 aliphatic heterocycles. The minimum Gasteiger partial charge on any atom is -0.490 e. The van der Waals surface area contributed by atoms with Gasteiger partial charge in [-0.05, 0) is 67.3 Å². The molecule has 1 saturated heterocycles. The van der Waals surface area contributed by atoms with Crippen LogP contribution in [0.5, 0.6) is 5.75 Å². The van der Waals surface area contributed by atoms with Crippen LogP contribution in [0.4, 0.5) is 0 Å². The van der Waals surface area contributed by atoms with E-state index in [9.17, 15) is 9.90 Å². The summed E-state index contributed by atoms with van der Waals surface area (Å²) in [5.74, 6) is 1.55. The molecule has 0 unspecified atom stereocenters. The van der Waals surface area contributed by atoms with Gasteiger partial charge in [-0.1, -0.05) is 60.7 Å². The molecule has 1 fully saturated rings. The van der Waals surface area contributed by atoms with Gasteiger partial charge in [0.2, 0.25) is 0 Å². The Hall–Kier alpha value is -3.48. The zero-order valence-electron chi connectivity index (χ0n) is 20.0. The first-order chi connectivity index (χ1) is 17.0. The van der Waals surface area contributed by atoms with E-state index in [2.05, 4.69) is 57.7 Å². The van der Waals surface area contributed by atoms with E-state index in [-0.39, 0.29) is 12.5 Å². The van der Waals surface area contributed by atoms with E-state index in [1.54, 1.807) is 13.0 Å². The maximum Gasteiger partial charge on any atom is 0.275 e. The number of hydrogen-bond donors (Lipinski definition) is 2. The molecule has 2 N–H and O–H groups in total. The van der Waals surface area contributed by atoms with Crippen molar-refractivity contribution in [1.82, 2.24) is 10.2 Å². The Bertz CT molecular complexity index is 1270. The third-order valence-electron chi connectivity index (χ3n) is 6.76. The van der Waals surface area contributed by atoms with Gasteiger partial charge in [0.1, 0.15) is 30.0 Å². The molecule has 2 heterocycles. The average Bonchev–Trinajstić information content (AvgIpc) is 3.20. The lowest BCUT2D eigenvalue weighted by Gasteiger charge is -2.33. The predicted molar refractivity (Wildman–Crippen MR) is 140 cm³/mol. The van der Waals surface area contributed by atoms with Crippen LogP contribution >= 0.6 is 0 Å². The topological polar surface area (TPSA) is 74.2 Å². The van der Waals surface area contributed by atoms with E-state index < -0.39 is 6.10 Å². The number of piperidine rings is 1. The molecule has 1 amide bonds. The fraction of sp³-hybridized carbons (Fsp3) is 0.310. The summed E-state index contributed by atoms with van der Waals surface area (Å²) in [7, 11) is 0. The quantitative estimate of drug-likeness (QED) is 0.505. The fourth-order valence-corrected chi connectivity index (χ4v) is 4.91. The van der Waals surface area contributed by atoms with Gasteiger partial charge in [0.05, 0.1) is 0 Å². The highest BCUT2D eigenvalue weighted by Gasteiger charge is 2.23. The first-order valence-corrected chi connectivity index (χ1v) is 12.2. The highest BCUT2D eigenvalue weighted by atomic mass is 16.5. The van der Waals surface area contributed by atoms with Crippen LogP contribution in [0.25, 0.3) is 16.8 Å². The smallest absolute Gasteiger partial charge is 0.275 e. The van der Waals surface area contributed by atoms with Gasteiger partial charge in [0.15, 0.2) is 0 Å². The molecule has 0 aromatic heterocycles. The predicted octanol–water partition coefficient (Wildman–Crippen LogP) is 4.35. The number of rotatable bonds is 7. The lowest BCUT2D eigenvalue weighted by atomic mass is 9.88. The van der Waals surface area contributed by atoms with E-state index in [0.29, 0.717) is 29.7 Å². The molecule has 180 valence electrons. The Labute approximate surface area is 205 Å². The Morgan fingerprint density at radius 3 is 2.60 bits per heavy atom. The summed E-state index contributed by atoms with van der Waals surface area (Å²) in [5.41, 5.74) is 2.53. The molecular weight excluding hydrogens is 438 g/mol. The average molecular weight is 470 g/mol. The molecule has 6 heteroatoms. The van der Waals surface area contributed by atoms with Gasteiger partial charge in [0, 0.05) is 12.1 Å². The van der Waals surface area contributed by atoms with Crippen molar-refractivity contribution in [3.63, 3.8) is 0 Å². The van der Waals surface area contributed by atoms with Crippen molar-refractivity contribution in [2.45, 2.75) is 31.8 Å². The van der Waals surface area contributed by atoms with Crippen molar-refractivity contribution in [3.05, 3.63) is 83.6 Å². The molecule has 3 aromatic carbocycles. The summed E-state index contributed by atoms with van der Waals surface area (Å²) in [6.45, 7) is 4.45. The summed E-state index contributed by atoms with van der Waals surface area (Å²) >= 11 is 0. The summed E-state index contributed by atoms with van der Waals surface area (Å²) in [4.78, 5) is 18.5. The van der Waals surface area contributed by atoms with Gasteiger partial charge in [0.25, 0.3) is 5.91 Å². The van der Waals surface area contributed by atoms with Crippen molar-refractivity contribution < 1.29 is 14.6 Å². The van der Waals surface area contributed by atoms with Crippen molar-refractivity contribution in [1.29, 1.82) is 0 Å². The third-order valence-corrected chi connectivity index (χ3v) is 6.76. The van der Waals surface area contributed by atoms with Crippen molar-refractivity contribution in [2.75, 3.05) is 26.2 Å². The zero-order valence-corrected chi connectivity index (χ0v) is 20.0. The van der Waals surface area contributed by atoms with E-state index in [4.69, 9.17) is 4.74 Å². The van der Waals surface area contributed by atoms with Gasteiger partial charge < -0.3 is 20.1 Å². The van der Waals surface area contributed by atoms with E-state index in [0.717, 1.165) is 31.5 Å². The number of fused-ring (bicyclic) bond motifs is 1. The Kier molecular flexibility index (Phi) is 6.93. The van der Waals surface area contributed by atoms with E-state index in [1.807, 2.05) is 24.3 Å². The Morgan fingerprint density at radius 2 is 1.83 bits per heavy atom. The number of aliphatic hydroxyl groups is 1. The normalized spacial score (nSPS) is 19.1. The highest BCUT2D eigenvalue weighted by Crippen LogP contribution is 2.30. The van der Waals surface area contributed by atoms with E-state index >= 15 is 0 Å². The molecule has 3 aromatic rings. The van der Waals surface area contributed by atoms with Gasteiger partial charge in [-0.15, -0.1) is 0 Å². The number of β-amino-alcohol motifs (C(OH)–C–C–N with tert-alkyl or cyclic N) is 1. The SMILES string of the molecule is CC1=N/C(=C\c2ccccc2OC[C@@H](O)CN2CCC(c3ccc4ccccc4c3)CC2)C(=O)N1. The van der Waals surface area contributed by atoms with Crippen LogP contribution in [0.1, 0.15) is 36.8 Å². The molecule has 6 nitrogen and oxygen atoms in total. The van der Waals surface area contributed by atoms with Crippen LogP contribution in [0.15, 0.2) is 77.4 Å². The number of nitrogens with zero attached hydrogens (tertiary/aromatic N) is 2. The number of carbonyl (C=O) groups excluding carboxylic acids is 1. The third kappa shape index (κ3) is 5.61. The first kappa shape index (κ1) is 23.3. The summed E-state index contributed by atoms with van der Waals surface area (Å²) in [6.07, 6.45) is 3.29. The van der Waals surface area contributed by atoms with Crippen LogP contribution in [-0.4, -0.2) is 54.1 Å². The number of hydrogen-bond acceptors (Lipinski definition) is 5. The molecule has 0 saturated carbocycles. The number of carbonyl (C=O) groups is 1. The molecular formula is C29H31N3O3. The molecule has 0 bridgehead atoms. The van der Waals surface area contributed by atoms with Gasteiger partial charge >= 0.3 is 0 Å². The number of amides is 1. The van der Waals surface area contributed by atoms with Crippen LogP contribution < -0.4 is 10.1 Å². The van der Waals surface area contributed by atoms with Crippen molar-refractivity contribution >= 4 is 28.6 Å². The number of likely N-dealkylation sites (tertiary alicyclic amines) is 1. The minimum atomic E-state index is -0.594. The molecule has 2 aliphatic rings. The zero-order chi connectivity index (χ0) is 24.2. The summed E-state index contributed by atoms with van der Waals surface area (Å²) in [6, 6.07) is 22.8. The maximum atomic E-state index is 12.0. The first-order valence-electron chi connectivity index (χ1n) is 12.2. The number of nitrogens with one attached hydrogen (secondary N) is 1. The van der Waals surface area contributed by atoms with Crippen LogP contribution in [-0.2, 0) is 4.79 Å². The van der Waals surface area contributed by atoms with Gasteiger partial charge in [-0.3, -0.25) is 4.79 Å². The second-order valence-electron chi connectivity index (χ2n) is 9.37. The fourth-order valence-electron chi connectivity index (χ4n) is 4.91. The molecule has 1 atom stereocenters. The van der Waals surface area contributed by atoms with Crippen LogP contribution in [0, 0.1) is 0 Å². The van der Waals surface area contributed by atoms with Gasteiger partial charge in [-0.2, -0.15) is 0 Å².